The van der Waals surface area contributed by atoms with Gasteiger partial charge in [-0.15, -0.1) is 0 Å². The average Bonchev–Trinajstić information content (AvgIpc) is 3.24. The highest BCUT2D eigenvalue weighted by atomic mass is 15.0. The SMILES string of the molecule is c1ccc(-c2cc(-c3ccccc3)nc(-c3ccc(-c4cc5ccccc5cc4-c4nc(-c5ccccc5)nc(-c5ccccc5)n4)cc3)n2)cc1. The molecule has 0 aliphatic carbocycles. The second-order valence-electron chi connectivity index (χ2n) is 12.6. The second kappa shape index (κ2) is 13.7. The molecule has 0 fully saturated rings. The minimum atomic E-state index is 0.615. The van der Waals surface area contributed by atoms with Gasteiger partial charge in [0.15, 0.2) is 23.3 Å². The molecule has 7 aromatic carbocycles. The fourth-order valence-corrected chi connectivity index (χ4v) is 6.48. The number of rotatable bonds is 7. The number of fused-ring (bicyclic) bond motifs is 1. The Kier molecular flexibility index (Phi) is 8.12. The highest BCUT2D eigenvalue weighted by Crippen LogP contribution is 2.37. The Bertz CT molecular complexity index is 2530. The van der Waals surface area contributed by atoms with Crippen LogP contribution >= 0.6 is 0 Å². The van der Waals surface area contributed by atoms with Gasteiger partial charge in [0.25, 0.3) is 0 Å². The Hall–Kier alpha value is -7.11. The van der Waals surface area contributed by atoms with Crippen molar-refractivity contribution in [2.75, 3.05) is 0 Å². The summed E-state index contributed by atoms with van der Waals surface area (Å²) >= 11 is 0. The Labute approximate surface area is 302 Å². The topological polar surface area (TPSA) is 64.5 Å². The summed E-state index contributed by atoms with van der Waals surface area (Å²) in [5.74, 6) is 2.54. The van der Waals surface area contributed by atoms with Gasteiger partial charge in [0.1, 0.15) is 0 Å². The van der Waals surface area contributed by atoms with Gasteiger partial charge in [-0.25, -0.2) is 24.9 Å². The number of hydrogen-bond donors (Lipinski definition) is 0. The van der Waals surface area contributed by atoms with Crippen molar-refractivity contribution in [3.8, 4) is 79.2 Å². The van der Waals surface area contributed by atoms with Gasteiger partial charge in [0, 0.05) is 33.4 Å². The molecule has 0 N–H and O–H groups in total. The third-order valence-corrected chi connectivity index (χ3v) is 9.15. The molecule has 5 heteroatoms. The molecule has 0 radical (unpaired) electrons. The summed E-state index contributed by atoms with van der Waals surface area (Å²) in [6.45, 7) is 0. The minimum Gasteiger partial charge on any atom is -0.228 e. The summed E-state index contributed by atoms with van der Waals surface area (Å²) in [5, 5.41) is 2.25. The molecule has 9 aromatic rings. The molecule has 2 heterocycles. The zero-order valence-electron chi connectivity index (χ0n) is 28.1. The molecular weight excluding hydrogens is 635 g/mol. The van der Waals surface area contributed by atoms with Gasteiger partial charge in [-0.2, -0.15) is 0 Å². The number of hydrogen-bond acceptors (Lipinski definition) is 5. The van der Waals surface area contributed by atoms with Crippen LogP contribution in [-0.4, -0.2) is 24.9 Å². The summed E-state index contributed by atoms with van der Waals surface area (Å²) < 4.78 is 0. The molecule has 0 saturated carbocycles. The largest absolute Gasteiger partial charge is 0.228 e. The number of nitrogens with zero attached hydrogens (tertiary/aromatic N) is 5. The average molecular weight is 666 g/mol. The Morgan fingerprint density at radius 2 is 0.577 bits per heavy atom. The second-order valence-corrected chi connectivity index (χ2v) is 12.6. The highest BCUT2D eigenvalue weighted by Gasteiger charge is 2.18. The predicted molar refractivity (Wildman–Crippen MR) is 211 cm³/mol. The van der Waals surface area contributed by atoms with Crippen LogP contribution in [0.3, 0.4) is 0 Å². The Morgan fingerprint density at radius 1 is 0.231 bits per heavy atom. The van der Waals surface area contributed by atoms with Gasteiger partial charge >= 0.3 is 0 Å². The van der Waals surface area contributed by atoms with E-state index in [-0.39, 0.29) is 0 Å². The van der Waals surface area contributed by atoms with E-state index >= 15 is 0 Å². The van der Waals surface area contributed by atoms with Crippen molar-refractivity contribution in [2.45, 2.75) is 0 Å². The van der Waals surface area contributed by atoms with Gasteiger partial charge in [0.2, 0.25) is 0 Å². The lowest BCUT2D eigenvalue weighted by molar-refractivity contribution is 1.07. The molecule has 2 aromatic heterocycles. The lowest BCUT2D eigenvalue weighted by Crippen LogP contribution is -2.01. The molecule has 0 atom stereocenters. The van der Waals surface area contributed by atoms with E-state index in [2.05, 4.69) is 91.0 Å². The van der Waals surface area contributed by atoms with Gasteiger partial charge in [-0.1, -0.05) is 170 Å². The summed E-state index contributed by atoms with van der Waals surface area (Å²) in [7, 11) is 0. The smallest absolute Gasteiger partial charge is 0.164 e. The normalized spacial score (nSPS) is 11.1. The summed E-state index contributed by atoms with van der Waals surface area (Å²) in [4.78, 5) is 25.2. The van der Waals surface area contributed by atoms with E-state index < -0.39 is 0 Å². The molecule has 52 heavy (non-hydrogen) atoms. The highest BCUT2D eigenvalue weighted by molar-refractivity contribution is 5.95. The van der Waals surface area contributed by atoms with E-state index in [0.717, 1.165) is 66.7 Å². The fourth-order valence-electron chi connectivity index (χ4n) is 6.48. The van der Waals surface area contributed by atoms with Crippen LogP contribution in [0.4, 0.5) is 0 Å². The van der Waals surface area contributed by atoms with Crippen LogP contribution in [-0.2, 0) is 0 Å². The van der Waals surface area contributed by atoms with Crippen molar-refractivity contribution in [2.24, 2.45) is 0 Å². The van der Waals surface area contributed by atoms with Crippen molar-refractivity contribution in [1.29, 1.82) is 0 Å². The molecule has 0 spiro atoms. The minimum absolute atomic E-state index is 0.615. The van der Waals surface area contributed by atoms with Crippen LogP contribution in [0.15, 0.2) is 188 Å². The van der Waals surface area contributed by atoms with Gasteiger partial charge in [-0.3, -0.25) is 0 Å². The quantitative estimate of drug-likeness (QED) is 0.169. The molecule has 0 aliphatic rings. The first-order valence-corrected chi connectivity index (χ1v) is 17.3. The summed E-state index contributed by atoms with van der Waals surface area (Å²) in [6, 6.07) is 64.0. The van der Waals surface area contributed by atoms with E-state index in [4.69, 9.17) is 24.9 Å². The lowest BCUT2D eigenvalue weighted by atomic mass is 9.94. The molecule has 0 aliphatic heterocycles. The molecule has 0 saturated heterocycles. The molecule has 0 bridgehead atoms. The van der Waals surface area contributed by atoms with Crippen molar-refractivity contribution in [3.63, 3.8) is 0 Å². The molecule has 0 unspecified atom stereocenters. The lowest BCUT2D eigenvalue weighted by Gasteiger charge is -2.14. The maximum Gasteiger partial charge on any atom is 0.164 e. The van der Waals surface area contributed by atoms with Crippen LogP contribution in [0.1, 0.15) is 0 Å². The van der Waals surface area contributed by atoms with Crippen molar-refractivity contribution >= 4 is 10.8 Å². The number of benzene rings is 7. The first-order chi connectivity index (χ1) is 25.7. The summed E-state index contributed by atoms with van der Waals surface area (Å²) in [6.07, 6.45) is 0. The van der Waals surface area contributed by atoms with Crippen molar-refractivity contribution in [3.05, 3.63) is 188 Å². The zero-order valence-corrected chi connectivity index (χ0v) is 28.1. The van der Waals surface area contributed by atoms with Crippen LogP contribution in [0.25, 0.3) is 90.0 Å². The van der Waals surface area contributed by atoms with Gasteiger partial charge < -0.3 is 0 Å². The Balaban J connectivity index is 1.19. The van der Waals surface area contributed by atoms with E-state index in [1.54, 1.807) is 0 Å². The molecule has 244 valence electrons. The van der Waals surface area contributed by atoms with Crippen LogP contribution in [0, 0.1) is 0 Å². The van der Waals surface area contributed by atoms with E-state index in [9.17, 15) is 0 Å². The third kappa shape index (κ3) is 6.23. The maximum atomic E-state index is 5.09. The number of aromatic nitrogens is 5. The van der Waals surface area contributed by atoms with E-state index in [1.165, 1.54) is 0 Å². The van der Waals surface area contributed by atoms with E-state index in [1.807, 2.05) is 97.1 Å². The molecule has 5 nitrogen and oxygen atoms in total. The predicted octanol–water partition coefficient (Wildman–Crippen LogP) is 11.5. The van der Waals surface area contributed by atoms with Crippen LogP contribution in [0.5, 0.6) is 0 Å². The fraction of sp³-hybridized carbons (Fsp3) is 0. The standard InChI is InChI=1S/C47H31N5/c1-5-15-33(16-6-1)42-31-43(34-17-7-2-8-18-34)49-44(48-42)37-27-25-32(26-28-37)40-29-38-23-13-14-24-39(38)30-41(40)47-51-45(35-19-9-3-10-20-35)50-46(52-47)36-21-11-4-12-22-36/h1-31H. The van der Waals surface area contributed by atoms with Crippen LogP contribution < -0.4 is 0 Å². The third-order valence-electron chi connectivity index (χ3n) is 9.15. The van der Waals surface area contributed by atoms with Gasteiger partial charge in [-0.05, 0) is 40.1 Å². The Morgan fingerprint density at radius 3 is 1.06 bits per heavy atom. The molecular formula is C47H31N5. The van der Waals surface area contributed by atoms with E-state index in [0.29, 0.717) is 23.3 Å². The summed E-state index contributed by atoms with van der Waals surface area (Å²) in [5.41, 5.74) is 9.63. The molecule has 0 amide bonds. The maximum absolute atomic E-state index is 5.09. The van der Waals surface area contributed by atoms with Crippen molar-refractivity contribution in [1.82, 2.24) is 24.9 Å². The first-order valence-electron chi connectivity index (χ1n) is 17.3. The van der Waals surface area contributed by atoms with Gasteiger partial charge in [0.05, 0.1) is 11.4 Å². The monoisotopic (exact) mass is 665 g/mol. The zero-order chi connectivity index (χ0) is 34.7. The van der Waals surface area contributed by atoms with Crippen molar-refractivity contribution < 1.29 is 0 Å². The molecule has 9 rings (SSSR count). The van der Waals surface area contributed by atoms with Crippen LogP contribution in [0.2, 0.25) is 0 Å². The first kappa shape index (κ1) is 30.9.